The molecule has 0 atom stereocenters. The van der Waals surface area contributed by atoms with Crippen LogP contribution in [0.3, 0.4) is 0 Å². The summed E-state index contributed by atoms with van der Waals surface area (Å²) in [4.78, 5) is 17.0. The van der Waals surface area contributed by atoms with E-state index in [2.05, 4.69) is 10.3 Å². The summed E-state index contributed by atoms with van der Waals surface area (Å²) in [5, 5.41) is 6.29. The third kappa shape index (κ3) is 2.64. The van der Waals surface area contributed by atoms with Crippen LogP contribution in [0, 0.1) is 6.92 Å². The highest BCUT2D eigenvalue weighted by Gasteiger charge is 2.12. The minimum Gasteiger partial charge on any atom is -0.298 e. The van der Waals surface area contributed by atoms with Crippen molar-refractivity contribution in [2.75, 3.05) is 5.32 Å². The van der Waals surface area contributed by atoms with E-state index >= 15 is 0 Å². The summed E-state index contributed by atoms with van der Waals surface area (Å²) >= 11 is 7.58. The lowest BCUT2D eigenvalue weighted by Crippen LogP contribution is -2.11. The van der Waals surface area contributed by atoms with Gasteiger partial charge in [-0.05, 0) is 47.5 Å². The molecule has 0 radical (unpaired) electrons. The molecule has 1 heterocycles. The molecule has 0 saturated heterocycles. The van der Waals surface area contributed by atoms with Crippen molar-refractivity contribution in [3.05, 3.63) is 70.7 Å². The van der Waals surface area contributed by atoms with Crippen LogP contribution in [0.15, 0.2) is 54.6 Å². The third-order valence-corrected chi connectivity index (χ3v) is 5.33. The fourth-order valence-corrected chi connectivity index (χ4v) is 3.73. The van der Waals surface area contributed by atoms with Gasteiger partial charge in [0.25, 0.3) is 5.91 Å². The molecular weight excluding hydrogens is 340 g/mol. The van der Waals surface area contributed by atoms with Gasteiger partial charge in [0, 0.05) is 10.6 Å². The van der Waals surface area contributed by atoms with Crippen molar-refractivity contribution in [1.29, 1.82) is 0 Å². The number of carbonyl (C=O) groups excluding carboxylic acids is 1. The van der Waals surface area contributed by atoms with E-state index in [1.54, 1.807) is 0 Å². The van der Waals surface area contributed by atoms with Gasteiger partial charge in [-0.1, -0.05) is 53.3 Å². The molecule has 3 nitrogen and oxygen atoms in total. The molecular formula is C19H13ClN2OS. The Kier molecular flexibility index (Phi) is 3.71. The molecule has 4 aromatic rings. The van der Waals surface area contributed by atoms with Crippen molar-refractivity contribution in [3.63, 3.8) is 0 Å². The summed E-state index contributed by atoms with van der Waals surface area (Å²) in [6, 6.07) is 17.4. The van der Waals surface area contributed by atoms with Gasteiger partial charge in [-0.25, -0.2) is 4.98 Å². The molecule has 1 N–H and O–H groups in total. The van der Waals surface area contributed by atoms with Crippen molar-refractivity contribution in [2.45, 2.75) is 6.92 Å². The summed E-state index contributed by atoms with van der Waals surface area (Å²) < 4.78 is 1.01. The number of hydrogen-bond acceptors (Lipinski definition) is 3. The zero-order valence-corrected chi connectivity index (χ0v) is 14.4. The van der Waals surface area contributed by atoms with Crippen molar-refractivity contribution in [1.82, 2.24) is 4.98 Å². The second-order valence-corrected chi connectivity index (χ2v) is 6.99. The predicted molar refractivity (Wildman–Crippen MR) is 101 cm³/mol. The van der Waals surface area contributed by atoms with Crippen molar-refractivity contribution >= 4 is 55.0 Å². The standard InChI is InChI=1S/C19H13ClN2OS/c1-11-15(20)8-9-16-17(11)21-19(24-16)22-18(23)14-7-6-12-4-2-3-5-13(12)10-14/h2-10H,1H3,(H,21,22,23). The van der Waals surface area contributed by atoms with Crippen LogP contribution in [0.25, 0.3) is 21.0 Å². The molecule has 118 valence electrons. The number of hydrogen-bond donors (Lipinski definition) is 1. The van der Waals surface area contributed by atoms with E-state index in [1.165, 1.54) is 11.3 Å². The van der Waals surface area contributed by atoms with E-state index in [4.69, 9.17) is 11.6 Å². The molecule has 0 aliphatic heterocycles. The first kappa shape index (κ1) is 15.1. The van der Waals surface area contributed by atoms with Crippen molar-refractivity contribution in [3.8, 4) is 0 Å². The van der Waals surface area contributed by atoms with Crippen LogP contribution in [-0.4, -0.2) is 10.9 Å². The van der Waals surface area contributed by atoms with Crippen LogP contribution in [-0.2, 0) is 0 Å². The Morgan fingerprint density at radius 2 is 1.88 bits per heavy atom. The molecule has 1 amide bonds. The smallest absolute Gasteiger partial charge is 0.257 e. The number of nitrogens with zero attached hydrogens (tertiary/aromatic N) is 1. The van der Waals surface area contributed by atoms with Gasteiger partial charge < -0.3 is 0 Å². The van der Waals surface area contributed by atoms with Gasteiger partial charge >= 0.3 is 0 Å². The molecule has 0 spiro atoms. The van der Waals surface area contributed by atoms with E-state index in [1.807, 2.05) is 61.5 Å². The monoisotopic (exact) mass is 352 g/mol. The lowest BCUT2D eigenvalue weighted by Gasteiger charge is -2.03. The Morgan fingerprint density at radius 1 is 1.08 bits per heavy atom. The Morgan fingerprint density at radius 3 is 2.71 bits per heavy atom. The Balaban J connectivity index is 1.66. The molecule has 0 aliphatic rings. The number of halogens is 1. The highest BCUT2D eigenvalue weighted by Crippen LogP contribution is 2.31. The van der Waals surface area contributed by atoms with Gasteiger partial charge in [-0.2, -0.15) is 0 Å². The first-order valence-electron chi connectivity index (χ1n) is 7.47. The number of nitrogens with one attached hydrogen (secondary N) is 1. The molecule has 0 bridgehead atoms. The average molecular weight is 353 g/mol. The van der Waals surface area contributed by atoms with Gasteiger partial charge in [0.05, 0.1) is 10.2 Å². The average Bonchev–Trinajstić information content (AvgIpc) is 3.01. The second kappa shape index (κ2) is 5.89. The summed E-state index contributed by atoms with van der Waals surface area (Å²) in [7, 11) is 0. The molecule has 0 aliphatic carbocycles. The largest absolute Gasteiger partial charge is 0.298 e. The third-order valence-electron chi connectivity index (χ3n) is 3.98. The number of carbonyl (C=O) groups is 1. The lowest BCUT2D eigenvalue weighted by atomic mass is 10.1. The summed E-state index contributed by atoms with van der Waals surface area (Å²) in [5.74, 6) is -0.163. The van der Waals surface area contributed by atoms with Crippen LogP contribution < -0.4 is 5.32 Å². The molecule has 24 heavy (non-hydrogen) atoms. The number of thiazole rings is 1. The Bertz CT molecular complexity index is 1090. The minimum absolute atomic E-state index is 0.163. The summed E-state index contributed by atoms with van der Waals surface area (Å²) in [5.41, 5.74) is 2.38. The Hall–Kier alpha value is -2.43. The number of rotatable bonds is 2. The fraction of sp³-hybridized carbons (Fsp3) is 0.0526. The Labute approximate surface area is 147 Å². The van der Waals surface area contributed by atoms with Crippen LogP contribution in [0.4, 0.5) is 5.13 Å². The van der Waals surface area contributed by atoms with Gasteiger partial charge in [0.15, 0.2) is 5.13 Å². The van der Waals surface area contributed by atoms with Gasteiger partial charge in [-0.3, -0.25) is 10.1 Å². The topological polar surface area (TPSA) is 42.0 Å². The van der Waals surface area contributed by atoms with Crippen molar-refractivity contribution < 1.29 is 4.79 Å². The highest BCUT2D eigenvalue weighted by atomic mass is 35.5. The normalized spacial score (nSPS) is 11.1. The van der Waals surface area contributed by atoms with Gasteiger partial charge in [0.2, 0.25) is 0 Å². The van der Waals surface area contributed by atoms with E-state index in [0.717, 1.165) is 26.6 Å². The number of fused-ring (bicyclic) bond motifs is 2. The predicted octanol–water partition coefficient (Wildman–Crippen LogP) is 5.66. The van der Waals surface area contributed by atoms with Gasteiger partial charge in [0.1, 0.15) is 0 Å². The maximum atomic E-state index is 12.5. The van der Waals surface area contributed by atoms with E-state index in [9.17, 15) is 4.79 Å². The molecule has 1 aromatic heterocycles. The first-order chi connectivity index (χ1) is 11.6. The van der Waals surface area contributed by atoms with Crippen LogP contribution in [0.5, 0.6) is 0 Å². The highest BCUT2D eigenvalue weighted by molar-refractivity contribution is 7.22. The zero-order valence-electron chi connectivity index (χ0n) is 12.8. The molecule has 0 saturated carbocycles. The fourth-order valence-electron chi connectivity index (χ4n) is 2.65. The number of aromatic nitrogens is 1. The molecule has 3 aromatic carbocycles. The van der Waals surface area contributed by atoms with E-state index in [0.29, 0.717) is 15.7 Å². The van der Waals surface area contributed by atoms with Crippen LogP contribution in [0.1, 0.15) is 15.9 Å². The number of amides is 1. The molecule has 0 fully saturated rings. The van der Waals surface area contributed by atoms with E-state index < -0.39 is 0 Å². The lowest BCUT2D eigenvalue weighted by molar-refractivity contribution is 0.102. The van der Waals surface area contributed by atoms with E-state index in [-0.39, 0.29) is 5.91 Å². The van der Waals surface area contributed by atoms with Crippen LogP contribution >= 0.6 is 22.9 Å². The number of benzene rings is 3. The van der Waals surface area contributed by atoms with Crippen LogP contribution in [0.2, 0.25) is 5.02 Å². The maximum Gasteiger partial charge on any atom is 0.257 e. The zero-order chi connectivity index (χ0) is 16.7. The molecule has 0 unspecified atom stereocenters. The SMILES string of the molecule is Cc1c(Cl)ccc2sc(NC(=O)c3ccc4ccccc4c3)nc12. The maximum absolute atomic E-state index is 12.5. The van der Waals surface area contributed by atoms with Gasteiger partial charge in [-0.15, -0.1) is 0 Å². The molecule has 4 rings (SSSR count). The summed E-state index contributed by atoms with van der Waals surface area (Å²) in [6.45, 7) is 1.93. The number of aryl methyl sites for hydroxylation is 1. The quantitative estimate of drug-likeness (QED) is 0.505. The summed E-state index contributed by atoms with van der Waals surface area (Å²) in [6.07, 6.45) is 0. The second-order valence-electron chi connectivity index (χ2n) is 5.55. The minimum atomic E-state index is -0.163. The molecule has 5 heteroatoms. The first-order valence-corrected chi connectivity index (χ1v) is 8.67. The van der Waals surface area contributed by atoms with Crippen molar-refractivity contribution in [2.24, 2.45) is 0 Å². The number of anilines is 1.